The molecule has 3 aromatic rings. The lowest BCUT2D eigenvalue weighted by molar-refractivity contribution is -0.115. The zero-order valence-corrected chi connectivity index (χ0v) is 17.6. The highest BCUT2D eigenvalue weighted by atomic mass is 32.2. The number of rotatable bonds is 5. The van der Waals surface area contributed by atoms with Crippen LogP contribution in [0.2, 0.25) is 0 Å². The Morgan fingerprint density at radius 3 is 2.46 bits per heavy atom. The summed E-state index contributed by atoms with van der Waals surface area (Å²) in [5, 5.41) is 5.88. The van der Waals surface area contributed by atoms with E-state index in [1.54, 1.807) is 31.5 Å². The Morgan fingerprint density at radius 1 is 1.11 bits per heavy atom. The van der Waals surface area contributed by atoms with Crippen molar-refractivity contribution < 1.29 is 9.59 Å². The fourth-order valence-electron chi connectivity index (χ4n) is 2.51. The van der Waals surface area contributed by atoms with Crippen molar-refractivity contribution in [2.75, 3.05) is 19.4 Å². The molecule has 0 unspecified atom stereocenters. The highest BCUT2D eigenvalue weighted by Crippen LogP contribution is 2.29. The number of hydrogen-bond donors (Lipinski definition) is 1. The van der Waals surface area contributed by atoms with Crippen LogP contribution < -0.4 is 5.32 Å². The van der Waals surface area contributed by atoms with E-state index in [9.17, 15) is 9.59 Å². The second-order valence-corrected chi connectivity index (χ2v) is 8.49. The minimum absolute atomic E-state index is 0.0884. The van der Waals surface area contributed by atoms with Gasteiger partial charge in [-0.25, -0.2) is 4.98 Å². The summed E-state index contributed by atoms with van der Waals surface area (Å²) in [4.78, 5) is 31.2. The third-order valence-corrected chi connectivity index (χ3v) is 5.85. The summed E-state index contributed by atoms with van der Waals surface area (Å²) >= 11 is 2.71. The summed E-state index contributed by atoms with van der Waals surface area (Å²) in [7, 11) is 3.40. The number of benzene rings is 2. The molecule has 28 heavy (non-hydrogen) atoms. The summed E-state index contributed by atoms with van der Waals surface area (Å²) < 4.78 is 0. The van der Waals surface area contributed by atoms with E-state index in [4.69, 9.17) is 0 Å². The molecule has 0 radical (unpaired) electrons. The number of thioether (sulfide) groups is 1. The van der Waals surface area contributed by atoms with Gasteiger partial charge in [0.05, 0.1) is 22.8 Å². The number of nitrogens with one attached hydrogen (secondary N) is 1. The minimum Gasteiger partial charge on any atom is -0.339 e. The van der Waals surface area contributed by atoms with Crippen LogP contribution in [-0.2, 0) is 11.2 Å². The van der Waals surface area contributed by atoms with E-state index in [2.05, 4.69) is 10.3 Å². The number of carbonyl (C=O) groups is 2. The zero-order chi connectivity index (χ0) is 20.1. The van der Waals surface area contributed by atoms with Crippen molar-refractivity contribution in [1.29, 1.82) is 0 Å². The number of amides is 2. The van der Waals surface area contributed by atoms with Crippen LogP contribution in [0.3, 0.4) is 0 Å². The first-order valence-electron chi connectivity index (χ1n) is 8.72. The molecule has 7 heteroatoms. The Bertz CT molecular complexity index is 981. The first-order chi connectivity index (χ1) is 13.4. The lowest BCUT2D eigenvalue weighted by Gasteiger charge is -2.13. The van der Waals surface area contributed by atoms with Gasteiger partial charge in [-0.3, -0.25) is 9.59 Å². The summed E-state index contributed by atoms with van der Waals surface area (Å²) in [6.45, 7) is 1.98. The van der Waals surface area contributed by atoms with Gasteiger partial charge in [0.1, 0.15) is 0 Å². The summed E-state index contributed by atoms with van der Waals surface area (Å²) in [5.41, 5.74) is 3.55. The van der Waals surface area contributed by atoms with Crippen molar-refractivity contribution in [2.24, 2.45) is 0 Å². The second kappa shape index (κ2) is 9.03. The van der Waals surface area contributed by atoms with Crippen LogP contribution in [0.4, 0.5) is 10.5 Å². The van der Waals surface area contributed by atoms with E-state index < -0.39 is 0 Å². The largest absolute Gasteiger partial charge is 0.339 e. The van der Waals surface area contributed by atoms with Gasteiger partial charge in [-0.05, 0) is 36.4 Å². The average molecular weight is 412 g/mol. The smallest absolute Gasteiger partial charge is 0.286 e. The van der Waals surface area contributed by atoms with Crippen LogP contribution in [-0.4, -0.2) is 35.1 Å². The van der Waals surface area contributed by atoms with E-state index in [1.165, 1.54) is 4.90 Å². The van der Waals surface area contributed by atoms with Gasteiger partial charge < -0.3 is 10.2 Å². The number of aryl methyl sites for hydroxylation is 1. The van der Waals surface area contributed by atoms with E-state index in [1.807, 2.05) is 54.8 Å². The van der Waals surface area contributed by atoms with Gasteiger partial charge in [0.2, 0.25) is 5.91 Å². The molecule has 5 nitrogen and oxygen atoms in total. The van der Waals surface area contributed by atoms with Gasteiger partial charge in [0.15, 0.2) is 0 Å². The zero-order valence-electron chi connectivity index (χ0n) is 15.9. The van der Waals surface area contributed by atoms with Gasteiger partial charge in [-0.1, -0.05) is 36.4 Å². The molecular weight excluding hydrogens is 390 g/mol. The molecule has 1 aromatic heterocycles. The Hall–Kier alpha value is -2.64. The van der Waals surface area contributed by atoms with Gasteiger partial charge in [0.25, 0.3) is 5.24 Å². The molecule has 0 atom stereocenters. The fraction of sp³-hybridized carbons (Fsp3) is 0.190. The Morgan fingerprint density at radius 2 is 1.82 bits per heavy atom. The maximum atomic E-state index is 12.5. The number of hydrogen-bond acceptors (Lipinski definition) is 5. The second-order valence-electron chi connectivity index (χ2n) is 6.43. The number of thiazole rings is 1. The molecule has 0 fully saturated rings. The Kier molecular flexibility index (Phi) is 6.49. The molecule has 2 amide bonds. The lowest BCUT2D eigenvalue weighted by Crippen LogP contribution is -2.17. The fourth-order valence-corrected chi connectivity index (χ4v) is 3.88. The van der Waals surface area contributed by atoms with Crippen molar-refractivity contribution in [3.63, 3.8) is 0 Å². The molecule has 1 heterocycles. The molecule has 144 valence electrons. The van der Waals surface area contributed by atoms with Crippen molar-refractivity contribution in [3.8, 4) is 11.3 Å². The Balaban J connectivity index is 1.65. The minimum atomic E-state index is -0.123. The monoisotopic (exact) mass is 411 g/mol. The van der Waals surface area contributed by atoms with E-state index >= 15 is 0 Å². The van der Waals surface area contributed by atoms with Gasteiger partial charge >= 0.3 is 0 Å². The molecular formula is C21H21N3O2S2. The van der Waals surface area contributed by atoms with Crippen molar-refractivity contribution in [2.45, 2.75) is 18.2 Å². The molecule has 0 saturated heterocycles. The molecule has 0 spiro atoms. The van der Waals surface area contributed by atoms with Gasteiger partial charge in [-0.2, -0.15) is 0 Å². The van der Waals surface area contributed by atoms with Crippen LogP contribution in [0.15, 0.2) is 58.8 Å². The third kappa shape index (κ3) is 5.21. The predicted molar refractivity (Wildman–Crippen MR) is 116 cm³/mol. The molecule has 2 aromatic carbocycles. The highest BCUT2D eigenvalue weighted by Gasteiger charge is 2.13. The number of anilines is 1. The van der Waals surface area contributed by atoms with Crippen LogP contribution in [0.25, 0.3) is 11.3 Å². The first-order valence-corrected chi connectivity index (χ1v) is 10.4. The van der Waals surface area contributed by atoms with Gasteiger partial charge in [-0.15, -0.1) is 11.3 Å². The summed E-state index contributed by atoms with van der Waals surface area (Å²) in [6, 6.07) is 15.2. The molecule has 3 rings (SSSR count). The summed E-state index contributed by atoms with van der Waals surface area (Å²) in [6.07, 6.45) is 0.261. The van der Waals surface area contributed by atoms with Crippen LogP contribution in [0.1, 0.15) is 10.6 Å². The molecule has 0 aliphatic carbocycles. The number of nitrogens with zero attached hydrogens (tertiary/aromatic N) is 2. The molecule has 0 aliphatic rings. The first kappa shape index (κ1) is 20.1. The highest BCUT2D eigenvalue weighted by molar-refractivity contribution is 8.13. The average Bonchev–Trinajstić information content (AvgIpc) is 3.10. The van der Waals surface area contributed by atoms with Crippen LogP contribution in [0, 0.1) is 6.92 Å². The molecule has 0 aliphatic heterocycles. The maximum Gasteiger partial charge on any atom is 0.286 e. The predicted octanol–water partition coefficient (Wildman–Crippen LogP) is 5.07. The quantitative estimate of drug-likeness (QED) is 0.595. The SMILES string of the molecule is Cc1nc(-c2ccc(CC(=O)Nc3ccccc3SC(=O)N(C)C)cc2)cs1. The summed E-state index contributed by atoms with van der Waals surface area (Å²) in [5.74, 6) is -0.123. The van der Waals surface area contributed by atoms with Crippen LogP contribution >= 0.6 is 23.1 Å². The number of aromatic nitrogens is 1. The van der Waals surface area contributed by atoms with E-state index in [-0.39, 0.29) is 17.6 Å². The molecule has 0 saturated carbocycles. The van der Waals surface area contributed by atoms with Crippen LogP contribution in [0.5, 0.6) is 0 Å². The topological polar surface area (TPSA) is 62.3 Å². The van der Waals surface area contributed by atoms with Crippen molar-refractivity contribution in [1.82, 2.24) is 9.88 Å². The molecule has 0 bridgehead atoms. The van der Waals surface area contributed by atoms with E-state index in [0.29, 0.717) is 5.69 Å². The molecule has 1 N–H and O–H groups in total. The van der Waals surface area contributed by atoms with Gasteiger partial charge in [0, 0.05) is 29.9 Å². The van der Waals surface area contributed by atoms with Crippen molar-refractivity contribution >= 4 is 39.9 Å². The normalized spacial score (nSPS) is 10.5. The van der Waals surface area contributed by atoms with E-state index in [0.717, 1.165) is 38.5 Å². The standard InChI is InChI=1S/C21H21N3O2S2/c1-14-22-18(13-27-14)16-10-8-15(9-11-16)12-20(25)23-17-6-4-5-7-19(17)28-21(26)24(2)3/h4-11,13H,12H2,1-3H3,(H,23,25). The Labute approximate surface area is 172 Å². The number of carbonyl (C=O) groups excluding carboxylic acids is 2. The van der Waals surface area contributed by atoms with Crippen molar-refractivity contribution in [3.05, 3.63) is 64.5 Å². The third-order valence-electron chi connectivity index (χ3n) is 3.96. The number of para-hydroxylation sites is 1. The maximum absolute atomic E-state index is 12.5. The lowest BCUT2D eigenvalue weighted by atomic mass is 10.1.